The van der Waals surface area contributed by atoms with E-state index in [-0.39, 0.29) is 0 Å². The number of hydrogen-bond donors (Lipinski definition) is 1. The second-order valence-corrected chi connectivity index (χ2v) is 2.71. The molecule has 0 unspecified atom stereocenters. The molecule has 1 aliphatic rings. The summed E-state index contributed by atoms with van der Waals surface area (Å²) in [5, 5.41) is 0. The molecule has 2 N–H and O–H groups in total. The Hall–Kier alpha value is -1.31. The fraction of sp³-hybridized carbons (Fsp3) is 0.222. The Bertz CT molecular complexity index is 302. The highest BCUT2D eigenvalue weighted by Gasteiger charge is 2.07. The number of anilines is 1. The number of fused-ring (bicyclic) bond motifs is 1. The lowest BCUT2D eigenvalue weighted by molar-refractivity contribution is 0.968. The van der Waals surface area contributed by atoms with Crippen molar-refractivity contribution in [1.82, 2.24) is 4.98 Å². The minimum atomic E-state index is 0.874. The molecule has 0 spiro atoms. The lowest BCUT2D eigenvalue weighted by atomic mass is 10.0. The second kappa shape index (κ2) is 2.38. The van der Waals surface area contributed by atoms with Crippen molar-refractivity contribution in [3.63, 3.8) is 0 Å². The minimum absolute atomic E-state index is 0.874. The van der Waals surface area contributed by atoms with Gasteiger partial charge in [0.25, 0.3) is 0 Å². The topological polar surface area (TPSA) is 38.9 Å². The molecule has 1 heterocycles. The molecule has 2 rings (SSSR count). The Kier molecular flexibility index (Phi) is 1.39. The molecule has 0 bridgehead atoms. The van der Waals surface area contributed by atoms with Crippen LogP contribution in [0.25, 0.3) is 6.08 Å². The zero-order chi connectivity index (χ0) is 7.68. The van der Waals surface area contributed by atoms with Crippen molar-refractivity contribution in [1.29, 1.82) is 0 Å². The van der Waals surface area contributed by atoms with Crippen LogP contribution in [-0.2, 0) is 6.42 Å². The van der Waals surface area contributed by atoms with Gasteiger partial charge in [0.2, 0.25) is 0 Å². The standard InChI is InChI=1S/C9H10N2/c10-8-5-6-11-9-4-2-1-3-7(8)9/h2,4-6H,1,3H2,(H2,10,11). The summed E-state index contributed by atoms with van der Waals surface area (Å²) in [6, 6.07) is 1.86. The summed E-state index contributed by atoms with van der Waals surface area (Å²) < 4.78 is 0. The Balaban J connectivity index is 2.60. The van der Waals surface area contributed by atoms with E-state index in [1.807, 2.05) is 12.1 Å². The van der Waals surface area contributed by atoms with E-state index in [1.165, 1.54) is 5.56 Å². The van der Waals surface area contributed by atoms with Crippen LogP contribution in [0.1, 0.15) is 17.7 Å². The van der Waals surface area contributed by atoms with Gasteiger partial charge in [-0.3, -0.25) is 4.98 Å². The molecule has 56 valence electrons. The Morgan fingerprint density at radius 2 is 2.36 bits per heavy atom. The molecule has 0 saturated heterocycles. The largest absolute Gasteiger partial charge is 0.398 e. The summed E-state index contributed by atoms with van der Waals surface area (Å²) >= 11 is 0. The van der Waals surface area contributed by atoms with Gasteiger partial charge in [0.1, 0.15) is 0 Å². The third-order valence-electron chi connectivity index (χ3n) is 1.96. The number of nitrogen functional groups attached to an aromatic ring is 1. The zero-order valence-corrected chi connectivity index (χ0v) is 6.25. The average molecular weight is 146 g/mol. The summed E-state index contributed by atoms with van der Waals surface area (Å²) in [5.74, 6) is 0. The van der Waals surface area contributed by atoms with Crippen molar-refractivity contribution in [3.8, 4) is 0 Å². The quantitative estimate of drug-likeness (QED) is 0.604. The highest BCUT2D eigenvalue weighted by molar-refractivity contribution is 5.61. The van der Waals surface area contributed by atoms with Gasteiger partial charge < -0.3 is 5.73 Å². The highest BCUT2D eigenvalue weighted by atomic mass is 14.7. The molecule has 0 aliphatic heterocycles. The van der Waals surface area contributed by atoms with Gasteiger partial charge in [-0.25, -0.2) is 0 Å². The summed E-state index contributed by atoms with van der Waals surface area (Å²) in [7, 11) is 0. The monoisotopic (exact) mass is 146 g/mol. The molecule has 2 heteroatoms. The van der Waals surface area contributed by atoms with Gasteiger partial charge in [-0.05, 0) is 25.0 Å². The molecule has 1 aromatic heterocycles. The van der Waals surface area contributed by atoms with Crippen molar-refractivity contribution < 1.29 is 0 Å². The number of nitrogens with zero attached hydrogens (tertiary/aromatic N) is 1. The third-order valence-corrected chi connectivity index (χ3v) is 1.96. The molecular formula is C9H10N2. The van der Waals surface area contributed by atoms with E-state index in [0.717, 1.165) is 24.2 Å². The SMILES string of the molecule is Nc1ccnc2c1CCC=C2. The van der Waals surface area contributed by atoms with E-state index < -0.39 is 0 Å². The van der Waals surface area contributed by atoms with Crippen LogP contribution in [0.2, 0.25) is 0 Å². The first-order valence-corrected chi connectivity index (χ1v) is 3.78. The van der Waals surface area contributed by atoms with Crippen LogP contribution in [0.15, 0.2) is 18.3 Å². The van der Waals surface area contributed by atoms with Gasteiger partial charge in [-0.2, -0.15) is 0 Å². The van der Waals surface area contributed by atoms with Crippen molar-refractivity contribution in [2.24, 2.45) is 0 Å². The fourth-order valence-corrected chi connectivity index (χ4v) is 1.36. The average Bonchev–Trinajstić information content (AvgIpc) is 2.06. The number of nitrogens with two attached hydrogens (primary N) is 1. The van der Waals surface area contributed by atoms with Gasteiger partial charge in [0.15, 0.2) is 0 Å². The van der Waals surface area contributed by atoms with E-state index in [2.05, 4.69) is 11.1 Å². The molecule has 0 fully saturated rings. The first kappa shape index (κ1) is 6.40. The summed E-state index contributed by atoms with van der Waals surface area (Å²) in [5.41, 5.74) is 8.88. The van der Waals surface area contributed by atoms with Crippen molar-refractivity contribution in [3.05, 3.63) is 29.6 Å². The maximum Gasteiger partial charge on any atom is 0.0679 e. The zero-order valence-electron chi connectivity index (χ0n) is 6.25. The second-order valence-electron chi connectivity index (χ2n) is 2.71. The van der Waals surface area contributed by atoms with E-state index in [0.29, 0.717) is 0 Å². The Labute approximate surface area is 65.8 Å². The molecule has 0 amide bonds. The van der Waals surface area contributed by atoms with Crippen molar-refractivity contribution in [2.45, 2.75) is 12.8 Å². The number of aromatic nitrogens is 1. The van der Waals surface area contributed by atoms with Gasteiger partial charge in [-0.15, -0.1) is 0 Å². The Morgan fingerprint density at radius 1 is 1.45 bits per heavy atom. The van der Waals surface area contributed by atoms with Gasteiger partial charge in [0, 0.05) is 17.4 Å². The first-order valence-electron chi connectivity index (χ1n) is 3.78. The van der Waals surface area contributed by atoms with Crippen LogP contribution < -0.4 is 5.73 Å². The van der Waals surface area contributed by atoms with E-state index in [9.17, 15) is 0 Å². The molecule has 1 aromatic rings. The molecule has 0 radical (unpaired) electrons. The molecule has 0 atom stereocenters. The van der Waals surface area contributed by atoms with Gasteiger partial charge in [-0.1, -0.05) is 6.08 Å². The summed E-state index contributed by atoms with van der Waals surface area (Å²) in [6.45, 7) is 0. The summed E-state index contributed by atoms with van der Waals surface area (Å²) in [4.78, 5) is 4.21. The normalized spacial score (nSPS) is 14.5. The maximum atomic E-state index is 5.77. The fourth-order valence-electron chi connectivity index (χ4n) is 1.36. The molecule has 0 saturated carbocycles. The summed E-state index contributed by atoms with van der Waals surface area (Å²) in [6.07, 6.45) is 8.04. The van der Waals surface area contributed by atoms with Crippen LogP contribution in [0.4, 0.5) is 5.69 Å². The lowest BCUT2D eigenvalue weighted by Crippen LogP contribution is -2.01. The van der Waals surface area contributed by atoms with Gasteiger partial charge >= 0.3 is 0 Å². The van der Waals surface area contributed by atoms with Crippen LogP contribution in [0.3, 0.4) is 0 Å². The van der Waals surface area contributed by atoms with Crippen molar-refractivity contribution >= 4 is 11.8 Å². The first-order chi connectivity index (χ1) is 5.38. The smallest absolute Gasteiger partial charge is 0.0679 e. The van der Waals surface area contributed by atoms with Crippen LogP contribution in [0, 0.1) is 0 Å². The predicted molar refractivity (Wildman–Crippen MR) is 46.0 cm³/mol. The van der Waals surface area contributed by atoms with Crippen LogP contribution in [-0.4, -0.2) is 4.98 Å². The third kappa shape index (κ3) is 1.00. The molecule has 1 aliphatic carbocycles. The lowest BCUT2D eigenvalue weighted by Gasteiger charge is -2.10. The number of pyridine rings is 1. The molecule has 2 nitrogen and oxygen atoms in total. The van der Waals surface area contributed by atoms with Crippen LogP contribution >= 0.6 is 0 Å². The van der Waals surface area contributed by atoms with E-state index >= 15 is 0 Å². The van der Waals surface area contributed by atoms with Crippen LogP contribution in [0.5, 0.6) is 0 Å². The van der Waals surface area contributed by atoms with E-state index in [1.54, 1.807) is 6.20 Å². The van der Waals surface area contributed by atoms with Gasteiger partial charge in [0.05, 0.1) is 5.69 Å². The van der Waals surface area contributed by atoms with Crippen molar-refractivity contribution in [2.75, 3.05) is 5.73 Å². The Morgan fingerprint density at radius 3 is 3.18 bits per heavy atom. The highest BCUT2D eigenvalue weighted by Crippen LogP contribution is 2.21. The predicted octanol–water partition coefficient (Wildman–Crippen LogP) is 1.62. The molecular weight excluding hydrogens is 136 g/mol. The molecule has 0 aromatic carbocycles. The number of rotatable bonds is 0. The minimum Gasteiger partial charge on any atom is -0.398 e. The molecule has 11 heavy (non-hydrogen) atoms. The maximum absolute atomic E-state index is 5.77. The van der Waals surface area contributed by atoms with E-state index in [4.69, 9.17) is 5.73 Å². The number of allylic oxidation sites excluding steroid dienone is 1. The number of hydrogen-bond acceptors (Lipinski definition) is 2.